The van der Waals surface area contributed by atoms with Gasteiger partial charge in [-0.2, -0.15) is 0 Å². The molecule has 3 nitrogen and oxygen atoms in total. The van der Waals surface area contributed by atoms with E-state index in [4.69, 9.17) is 17.3 Å². The van der Waals surface area contributed by atoms with Crippen molar-refractivity contribution in [2.45, 2.75) is 45.2 Å². The summed E-state index contributed by atoms with van der Waals surface area (Å²) in [4.78, 5) is 15.1. The monoisotopic (exact) mass is 322 g/mol. The van der Waals surface area contributed by atoms with Crippen molar-refractivity contribution in [3.8, 4) is 0 Å². The van der Waals surface area contributed by atoms with Crippen molar-refractivity contribution in [2.75, 3.05) is 6.54 Å². The molecule has 1 aromatic rings. The fraction of sp³-hybridized carbons (Fsp3) is 0.615. The summed E-state index contributed by atoms with van der Waals surface area (Å²) in [6, 6.07) is 0.152. The number of carbonyl (C=O) groups excluding carboxylic acids is 1. The second-order valence-electron chi connectivity index (χ2n) is 4.98. The van der Waals surface area contributed by atoms with Gasteiger partial charge < -0.3 is 10.6 Å². The molecule has 0 saturated carbocycles. The zero-order chi connectivity index (χ0) is 13.3. The van der Waals surface area contributed by atoms with E-state index in [-0.39, 0.29) is 30.4 Å². The average molecular weight is 323 g/mol. The predicted octanol–water partition coefficient (Wildman–Crippen LogP) is 3.47. The molecule has 1 fully saturated rings. The average Bonchev–Trinajstić information content (AvgIpc) is 2.69. The van der Waals surface area contributed by atoms with Gasteiger partial charge in [-0.15, -0.1) is 23.7 Å². The van der Waals surface area contributed by atoms with Gasteiger partial charge in [-0.05, 0) is 44.1 Å². The van der Waals surface area contributed by atoms with Crippen LogP contribution >= 0.6 is 35.3 Å². The van der Waals surface area contributed by atoms with Gasteiger partial charge >= 0.3 is 0 Å². The molecule has 0 radical (unpaired) electrons. The van der Waals surface area contributed by atoms with Crippen molar-refractivity contribution in [3.05, 3.63) is 20.8 Å². The lowest BCUT2D eigenvalue weighted by Crippen LogP contribution is -2.51. The Morgan fingerprint density at radius 3 is 2.79 bits per heavy atom. The Balaban J connectivity index is 0.00000180. The van der Waals surface area contributed by atoms with Gasteiger partial charge in [0, 0.05) is 18.6 Å². The van der Waals surface area contributed by atoms with Crippen LogP contribution in [0.4, 0.5) is 0 Å². The van der Waals surface area contributed by atoms with Crippen LogP contribution < -0.4 is 5.73 Å². The molecule has 2 N–H and O–H groups in total. The SMILES string of the molecule is Cc1csc(C(=O)N2CCCCC2C(C)N)c1Cl.Cl. The Kier molecular flexibility index (Phi) is 6.12. The first kappa shape index (κ1) is 16.8. The van der Waals surface area contributed by atoms with E-state index < -0.39 is 0 Å². The largest absolute Gasteiger partial charge is 0.333 e. The van der Waals surface area contributed by atoms with Crippen LogP contribution in [0.1, 0.15) is 41.4 Å². The van der Waals surface area contributed by atoms with E-state index in [0.717, 1.165) is 31.4 Å². The summed E-state index contributed by atoms with van der Waals surface area (Å²) < 4.78 is 0. The molecule has 0 aliphatic carbocycles. The summed E-state index contributed by atoms with van der Waals surface area (Å²) >= 11 is 7.61. The molecular weight excluding hydrogens is 303 g/mol. The zero-order valence-corrected chi connectivity index (χ0v) is 13.6. The lowest BCUT2D eigenvalue weighted by atomic mass is 9.97. The molecule has 6 heteroatoms. The third-order valence-electron chi connectivity index (χ3n) is 3.51. The van der Waals surface area contributed by atoms with Crippen LogP contribution in [0, 0.1) is 6.92 Å². The number of thiophene rings is 1. The summed E-state index contributed by atoms with van der Waals surface area (Å²) in [5, 5.41) is 2.53. The van der Waals surface area contributed by atoms with Crippen LogP contribution in [-0.2, 0) is 0 Å². The van der Waals surface area contributed by atoms with E-state index in [1.807, 2.05) is 24.1 Å². The summed E-state index contributed by atoms with van der Waals surface area (Å²) in [6.45, 7) is 4.69. The fourth-order valence-corrected chi connectivity index (χ4v) is 3.69. The molecule has 2 unspecified atom stereocenters. The Hall–Kier alpha value is -0.290. The molecule has 1 aliphatic heterocycles. The molecule has 2 atom stereocenters. The minimum Gasteiger partial charge on any atom is -0.333 e. The van der Waals surface area contributed by atoms with Crippen molar-refractivity contribution in [2.24, 2.45) is 5.73 Å². The number of likely N-dealkylation sites (tertiary alicyclic amines) is 1. The van der Waals surface area contributed by atoms with Crippen LogP contribution in [0.2, 0.25) is 5.02 Å². The number of nitrogens with two attached hydrogens (primary N) is 1. The van der Waals surface area contributed by atoms with E-state index in [1.165, 1.54) is 11.3 Å². The van der Waals surface area contributed by atoms with Gasteiger partial charge in [0.15, 0.2) is 0 Å². The van der Waals surface area contributed by atoms with Gasteiger partial charge in [0.25, 0.3) is 5.91 Å². The van der Waals surface area contributed by atoms with E-state index in [1.54, 1.807) is 0 Å². The maximum absolute atomic E-state index is 12.5. The Morgan fingerprint density at radius 1 is 1.58 bits per heavy atom. The van der Waals surface area contributed by atoms with E-state index in [2.05, 4.69) is 0 Å². The summed E-state index contributed by atoms with van der Waals surface area (Å²) in [5.74, 6) is 0.0418. The summed E-state index contributed by atoms with van der Waals surface area (Å²) in [6.07, 6.45) is 3.19. The van der Waals surface area contributed by atoms with Crippen molar-refractivity contribution in [3.63, 3.8) is 0 Å². The van der Waals surface area contributed by atoms with Gasteiger partial charge in [-0.3, -0.25) is 4.79 Å². The number of piperidine rings is 1. The number of hydrogen-bond donors (Lipinski definition) is 1. The van der Waals surface area contributed by atoms with E-state index in [9.17, 15) is 4.79 Å². The lowest BCUT2D eigenvalue weighted by molar-refractivity contribution is 0.0589. The Labute approximate surface area is 129 Å². The number of amides is 1. The van der Waals surface area contributed by atoms with Gasteiger partial charge in [0.2, 0.25) is 0 Å². The van der Waals surface area contributed by atoms with Gasteiger partial charge in [0.1, 0.15) is 4.88 Å². The zero-order valence-electron chi connectivity index (χ0n) is 11.2. The smallest absolute Gasteiger partial charge is 0.265 e. The number of hydrogen-bond acceptors (Lipinski definition) is 3. The highest BCUT2D eigenvalue weighted by atomic mass is 35.5. The van der Waals surface area contributed by atoms with Crippen molar-refractivity contribution >= 4 is 41.3 Å². The first-order valence-electron chi connectivity index (χ1n) is 6.32. The Bertz CT molecular complexity index is 448. The third kappa shape index (κ3) is 3.43. The number of carbonyl (C=O) groups is 1. The van der Waals surface area contributed by atoms with Crippen LogP contribution in [-0.4, -0.2) is 29.4 Å². The maximum Gasteiger partial charge on any atom is 0.265 e. The summed E-state index contributed by atoms with van der Waals surface area (Å²) in [7, 11) is 0. The minimum atomic E-state index is 0. The molecule has 2 rings (SSSR count). The highest BCUT2D eigenvalue weighted by molar-refractivity contribution is 7.13. The first-order chi connectivity index (χ1) is 8.52. The van der Waals surface area contributed by atoms with Gasteiger partial charge in [0.05, 0.1) is 5.02 Å². The normalized spacial score (nSPS) is 20.8. The first-order valence-corrected chi connectivity index (χ1v) is 7.58. The third-order valence-corrected chi connectivity index (χ3v) is 5.20. The number of halogens is 2. The lowest BCUT2D eigenvalue weighted by Gasteiger charge is -2.37. The van der Waals surface area contributed by atoms with Gasteiger partial charge in [-0.25, -0.2) is 0 Å². The van der Waals surface area contributed by atoms with Gasteiger partial charge in [-0.1, -0.05) is 11.6 Å². The predicted molar refractivity (Wildman–Crippen MR) is 83.6 cm³/mol. The molecule has 19 heavy (non-hydrogen) atoms. The molecule has 0 aromatic carbocycles. The molecule has 0 bridgehead atoms. The molecule has 108 valence electrons. The quantitative estimate of drug-likeness (QED) is 0.906. The van der Waals surface area contributed by atoms with E-state index >= 15 is 0 Å². The standard InChI is InChI=1S/C13H19ClN2OS.ClH/c1-8-7-18-12(11(8)14)13(17)16-6-4-3-5-10(16)9(2)15;/h7,9-10H,3-6,15H2,1-2H3;1H. The van der Waals surface area contributed by atoms with Crippen molar-refractivity contribution < 1.29 is 4.79 Å². The molecule has 0 spiro atoms. The molecule has 1 amide bonds. The minimum absolute atomic E-state index is 0. The van der Waals surface area contributed by atoms with Crippen LogP contribution in [0.3, 0.4) is 0 Å². The molecule has 1 saturated heterocycles. The summed E-state index contributed by atoms with van der Waals surface area (Å²) in [5.41, 5.74) is 6.96. The molecule has 1 aliphatic rings. The van der Waals surface area contributed by atoms with Crippen LogP contribution in [0.15, 0.2) is 5.38 Å². The number of rotatable bonds is 2. The molecule has 2 heterocycles. The highest BCUT2D eigenvalue weighted by Crippen LogP contribution is 2.30. The maximum atomic E-state index is 12.5. The second kappa shape index (κ2) is 6.93. The highest BCUT2D eigenvalue weighted by Gasteiger charge is 2.31. The fourth-order valence-electron chi connectivity index (χ4n) is 2.46. The molecular formula is C13H20Cl2N2OS. The van der Waals surface area contributed by atoms with Crippen LogP contribution in [0.25, 0.3) is 0 Å². The Morgan fingerprint density at radius 2 is 2.26 bits per heavy atom. The van der Waals surface area contributed by atoms with E-state index in [0.29, 0.717) is 9.90 Å². The van der Waals surface area contributed by atoms with Crippen LogP contribution in [0.5, 0.6) is 0 Å². The second-order valence-corrected chi connectivity index (χ2v) is 6.24. The number of nitrogens with zero attached hydrogens (tertiary/aromatic N) is 1. The molecule has 1 aromatic heterocycles. The number of aryl methyl sites for hydroxylation is 1. The van der Waals surface area contributed by atoms with Crippen molar-refractivity contribution in [1.29, 1.82) is 0 Å². The topological polar surface area (TPSA) is 46.3 Å². The van der Waals surface area contributed by atoms with Crippen molar-refractivity contribution in [1.82, 2.24) is 4.90 Å².